The molecule has 0 amide bonds. The molecule has 1 aliphatic heterocycles. The molecule has 0 radical (unpaired) electrons. The Labute approximate surface area is 98.7 Å². The van der Waals surface area contributed by atoms with Gasteiger partial charge in [0.2, 0.25) is 0 Å². The van der Waals surface area contributed by atoms with Crippen LogP contribution < -0.4 is 5.32 Å². The lowest BCUT2D eigenvalue weighted by atomic mass is 10.3. The maximum absolute atomic E-state index is 5.54. The van der Waals surface area contributed by atoms with Gasteiger partial charge in [-0.05, 0) is 12.1 Å². The minimum atomic E-state index is 0.0683. The minimum absolute atomic E-state index is 0.0683. The number of benzene rings is 1. The summed E-state index contributed by atoms with van der Waals surface area (Å²) in [4.78, 5) is 4.32. The van der Waals surface area contributed by atoms with Gasteiger partial charge in [0.05, 0.1) is 25.9 Å². The van der Waals surface area contributed by atoms with Crippen molar-refractivity contribution < 1.29 is 13.9 Å². The molecule has 0 aliphatic carbocycles. The number of anilines is 1. The van der Waals surface area contributed by atoms with Crippen LogP contribution in [0.3, 0.4) is 0 Å². The summed E-state index contributed by atoms with van der Waals surface area (Å²) >= 11 is 0. The Hall–Kier alpha value is -1.59. The number of para-hydroxylation sites is 2. The van der Waals surface area contributed by atoms with Crippen LogP contribution in [0.15, 0.2) is 28.7 Å². The lowest BCUT2D eigenvalue weighted by Gasteiger charge is -2.22. The van der Waals surface area contributed by atoms with Crippen molar-refractivity contribution in [3.8, 4) is 0 Å². The second kappa shape index (κ2) is 4.73. The van der Waals surface area contributed by atoms with Crippen molar-refractivity contribution in [3.05, 3.63) is 24.3 Å². The van der Waals surface area contributed by atoms with Gasteiger partial charge in [0.15, 0.2) is 5.58 Å². The normalized spacial score (nSPS) is 20.6. The quantitative estimate of drug-likeness (QED) is 0.875. The van der Waals surface area contributed by atoms with Gasteiger partial charge < -0.3 is 19.2 Å². The molecule has 2 heterocycles. The number of fused-ring (bicyclic) bond motifs is 1. The first-order valence-electron chi connectivity index (χ1n) is 5.70. The van der Waals surface area contributed by atoms with E-state index in [0.717, 1.165) is 11.1 Å². The summed E-state index contributed by atoms with van der Waals surface area (Å²) in [5.74, 6) is 0. The largest absolute Gasteiger partial charge is 0.424 e. The van der Waals surface area contributed by atoms with E-state index in [-0.39, 0.29) is 6.10 Å². The Balaban J connectivity index is 1.64. The number of rotatable bonds is 3. The fourth-order valence-corrected chi connectivity index (χ4v) is 1.80. The third-order valence-corrected chi connectivity index (χ3v) is 2.66. The van der Waals surface area contributed by atoms with Gasteiger partial charge in [-0.2, -0.15) is 4.98 Å². The Kier molecular flexibility index (Phi) is 2.94. The molecule has 5 nitrogen and oxygen atoms in total. The minimum Gasteiger partial charge on any atom is -0.424 e. The summed E-state index contributed by atoms with van der Waals surface area (Å²) in [6.45, 7) is 2.60. The van der Waals surface area contributed by atoms with E-state index < -0.39 is 0 Å². The van der Waals surface area contributed by atoms with Crippen LogP contribution in [-0.2, 0) is 9.47 Å². The molecular formula is C12H14N2O3. The highest BCUT2D eigenvalue weighted by molar-refractivity contribution is 5.74. The molecule has 3 rings (SSSR count). The highest BCUT2D eigenvalue weighted by Gasteiger charge is 2.15. The van der Waals surface area contributed by atoms with Crippen molar-refractivity contribution >= 4 is 17.1 Å². The average molecular weight is 234 g/mol. The van der Waals surface area contributed by atoms with E-state index in [2.05, 4.69) is 10.3 Å². The molecular weight excluding hydrogens is 220 g/mol. The van der Waals surface area contributed by atoms with Crippen LogP contribution in [0.1, 0.15) is 0 Å². The summed E-state index contributed by atoms with van der Waals surface area (Å²) in [7, 11) is 0. The molecule has 1 N–H and O–H groups in total. The first kappa shape index (κ1) is 10.6. The molecule has 1 unspecified atom stereocenters. The number of ether oxygens (including phenoxy) is 2. The van der Waals surface area contributed by atoms with Crippen molar-refractivity contribution in [2.75, 3.05) is 31.7 Å². The zero-order chi connectivity index (χ0) is 11.5. The standard InChI is InChI=1S/C12H14N2O3/c1-2-4-11-10(3-1)14-12(17-11)13-7-9-8-15-5-6-16-9/h1-4,9H,5-8H2,(H,13,14). The van der Waals surface area contributed by atoms with Gasteiger partial charge in [-0.1, -0.05) is 12.1 Å². The molecule has 2 aromatic rings. The van der Waals surface area contributed by atoms with Crippen molar-refractivity contribution in [1.29, 1.82) is 0 Å². The highest BCUT2D eigenvalue weighted by atomic mass is 16.6. The molecule has 1 atom stereocenters. The number of aromatic nitrogens is 1. The van der Waals surface area contributed by atoms with E-state index in [4.69, 9.17) is 13.9 Å². The predicted molar refractivity (Wildman–Crippen MR) is 63.1 cm³/mol. The maximum atomic E-state index is 5.54. The van der Waals surface area contributed by atoms with E-state index >= 15 is 0 Å². The van der Waals surface area contributed by atoms with Gasteiger partial charge in [-0.3, -0.25) is 0 Å². The van der Waals surface area contributed by atoms with Crippen molar-refractivity contribution in [2.24, 2.45) is 0 Å². The number of nitrogens with zero attached hydrogens (tertiary/aromatic N) is 1. The van der Waals surface area contributed by atoms with Gasteiger partial charge in [-0.25, -0.2) is 0 Å². The van der Waals surface area contributed by atoms with Crippen molar-refractivity contribution in [2.45, 2.75) is 6.10 Å². The van der Waals surface area contributed by atoms with Gasteiger partial charge in [0.25, 0.3) is 6.01 Å². The first-order chi connectivity index (χ1) is 8.42. The van der Waals surface area contributed by atoms with Crippen LogP contribution in [-0.4, -0.2) is 37.5 Å². The van der Waals surface area contributed by atoms with E-state index in [1.807, 2.05) is 24.3 Å². The lowest BCUT2D eigenvalue weighted by molar-refractivity contribution is -0.0820. The number of hydrogen-bond donors (Lipinski definition) is 1. The molecule has 1 aromatic carbocycles. The summed E-state index contributed by atoms with van der Waals surface area (Å²) in [5.41, 5.74) is 1.65. The summed E-state index contributed by atoms with van der Waals surface area (Å²) in [6.07, 6.45) is 0.0683. The van der Waals surface area contributed by atoms with Crippen molar-refractivity contribution in [3.63, 3.8) is 0 Å². The topological polar surface area (TPSA) is 56.5 Å². The Morgan fingerprint density at radius 3 is 3.06 bits per heavy atom. The number of nitrogens with one attached hydrogen (secondary N) is 1. The van der Waals surface area contributed by atoms with Gasteiger partial charge in [-0.15, -0.1) is 0 Å². The van der Waals surface area contributed by atoms with Crippen LogP contribution in [0.2, 0.25) is 0 Å². The predicted octanol–water partition coefficient (Wildman–Crippen LogP) is 1.66. The summed E-state index contributed by atoms with van der Waals surface area (Å²) < 4.78 is 16.4. The fraction of sp³-hybridized carbons (Fsp3) is 0.417. The monoisotopic (exact) mass is 234 g/mol. The van der Waals surface area contributed by atoms with E-state index in [1.54, 1.807) is 0 Å². The smallest absolute Gasteiger partial charge is 0.295 e. The van der Waals surface area contributed by atoms with Crippen LogP contribution in [0.4, 0.5) is 6.01 Å². The Bertz CT molecular complexity index is 458. The Morgan fingerprint density at radius 2 is 2.24 bits per heavy atom. The highest BCUT2D eigenvalue weighted by Crippen LogP contribution is 2.18. The van der Waals surface area contributed by atoms with Gasteiger partial charge >= 0.3 is 0 Å². The Morgan fingerprint density at radius 1 is 1.29 bits per heavy atom. The summed E-state index contributed by atoms with van der Waals surface area (Å²) in [5, 5.41) is 3.12. The van der Waals surface area contributed by atoms with Gasteiger partial charge in [0, 0.05) is 6.54 Å². The van der Waals surface area contributed by atoms with Crippen LogP contribution in [0.5, 0.6) is 0 Å². The zero-order valence-electron chi connectivity index (χ0n) is 9.39. The average Bonchev–Trinajstić information content (AvgIpc) is 2.80. The third-order valence-electron chi connectivity index (χ3n) is 2.66. The third kappa shape index (κ3) is 2.40. The van der Waals surface area contributed by atoms with Crippen molar-refractivity contribution in [1.82, 2.24) is 4.98 Å². The molecule has 17 heavy (non-hydrogen) atoms. The molecule has 0 spiro atoms. The van der Waals surface area contributed by atoms with E-state index in [0.29, 0.717) is 32.4 Å². The molecule has 1 aliphatic rings. The second-order valence-electron chi connectivity index (χ2n) is 3.94. The lowest BCUT2D eigenvalue weighted by Crippen LogP contribution is -2.34. The molecule has 90 valence electrons. The van der Waals surface area contributed by atoms with Crippen LogP contribution >= 0.6 is 0 Å². The number of oxazole rings is 1. The number of hydrogen-bond acceptors (Lipinski definition) is 5. The van der Waals surface area contributed by atoms with Crippen LogP contribution in [0, 0.1) is 0 Å². The fourth-order valence-electron chi connectivity index (χ4n) is 1.80. The van der Waals surface area contributed by atoms with Crippen LogP contribution in [0.25, 0.3) is 11.1 Å². The SMILES string of the molecule is c1ccc2oc(NCC3COCCO3)nc2c1. The molecule has 1 fully saturated rings. The maximum Gasteiger partial charge on any atom is 0.295 e. The molecule has 5 heteroatoms. The van der Waals surface area contributed by atoms with E-state index in [9.17, 15) is 0 Å². The molecule has 1 aromatic heterocycles. The molecule has 0 saturated carbocycles. The second-order valence-corrected chi connectivity index (χ2v) is 3.94. The van der Waals surface area contributed by atoms with Gasteiger partial charge in [0.1, 0.15) is 5.52 Å². The van der Waals surface area contributed by atoms with E-state index in [1.165, 1.54) is 0 Å². The zero-order valence-corrected chi connectivity index (χ0v) is 9.39. The molecule has 1 saturated heterocycles. The first-order valence-corrected chi connectivity index (χ1v) is 5.70. The molecule has 0 bridgehead atoms. The summed E-state index contributed by atoms with van der Waals surface area (Å²) in [6, 6.07) is 8.21.